The van der Waals surface area contributed by atoms with E-state index in [4.69, 9.17) is 0 Å². The van der Waals surface area contributed by atoms with Crippen LogP contribution in [-0.2, 0) is 6.42 Å². The molecular formula is C16H15BrN2S. The maximum atomic E-state index is 4.50. The number of hydrogen-bond acceptors (Lipinski definition) is 3. The summed E-state index contributed by atoms with van der Waals surface area (Å²) in [5.74, 6) is 0. The van der Waals surface area contributed by atoms with Gasteiger partial charge in [0.2, 0.25) is 0 Å². The molecule has 0 aliphatic rings. The van der Waals surface area contributed by atoms with Crippen LogP contribution in [0.5, 0.6) is 0 Å². The number of benzene rings is 1. The Bertz CT molecular complexity index is 706. The lowest BCUT2D eigenvalue weighted by Gasteiger charge is -2.15. The van der Waals surface area contributed by atoms with Gasteiger partial charge in [-0.15, -0.1) is 11.3 Å². The van der Waals surface area contributed by atoms with Crippen LogP contribution in [0.4, 0.5) is 0 Å². The summed E-state index contributed by atoms with van der Waals surface area (Å²) >= 11 is 5.24. The molecule has 0 saturated carbocycles. The monoisotopic (exact) mass is 346 g/mol. The number of likely N-dealkylation sites (N-methyl/N-ethyl adjacent to an activating group) is 1. The van der Waals surface area contributed by atoms with Gasteiger partial charge in [-0.3, -0.25) is 4.98 Å². The third-order valence-electron chi connectivity index (χ3n) is 3.44. The van der Waals surface area contributed by atoms with Gasteiger partial charge in [0, 0.05) is 15.4 Å². The Labute approximate surface area is 131 Å². The van der Waals surface area contributed by atoms with E-state index in [0.29, 0.717) is 0 Å². The Balaban J connectivity index is 1.89. The SMILES string of the molecule is CNC(Cc1csc2ccccc12)c1ccc(Br)cn1. The third-order valence-corrected chi connectivity index (χ3v) is 4.92. The Hall–Kier alpha value is -1.23. The fourth-order valence-electron chi connectivity index (χ4n) is 2.36. The predicted molar refractivity (Wildman–Crippen MR) is 89.3 cm³/mol. The maximum absolute atomic E-state index is 4.50. The molecule has 0 aliphatic carbocycles. The van der Waals surface area contributed by atoms with Gasteiger partial charge in [-0.05, 0) is 63.9 Å². The molecule has 0 fully saturated rings. The van der Waals surface area contributed by atoms with Crippen molar-refractivity contribution >= 4 is 37.4 Å². The third kappa shape index (κ3) is 2.77. The maximum Gasteiger partial charge on any atom is 0.0577 e. The standard InChI is InChI=1S/C16H15BrN2S/c1-18-15(14-7-6-12(17)9-19-14)8-11-10-20-16-5-3-2-4-13(11)16/h2-7,9-10,15,18H,8H2,1H3. The molecule has 20 heavy (non-hydrogen) atoms. The van der Waals surface area contributed by atoms with Crippen molar-refractivity contribution in [3.05, 3.63) is 63.7 Å². The first-order chi connectivity index (χ1) is 9.78. The first-order valence-electron chi connectivity index (χ1n) is 6.52. The first kappa shape index (κ1) is 13.7. The summed E-state index contributed by atoms with van der Waals surface area (Å²) in [7, 11) is 1.99. The van der Waals surface area contributed by atoms with Gasteiger partial charge >= 0.3 is 0 Å². The lowest BCUT2D eigenvalue weighted by molar-refractivity contribution is 0.578. The highest BCUT2D eigenvalue weighted by Gasteiger charge is 2.14. The van der Waals surface area contributed by atoms with Crippen molar-refractivity contribution in [2.45, 2.75) is 12.5 Å². The normalized spacial score (nSPS) is 12.7. The lowest BCUT2D eigenvalue weighted by atomic mass is 10.0. The number of hydrogen-bond donors (Lipinski definition) is 1. The number of nitrogens with zero attached hydrogens (tertiary/aromatic N) is 1. The summed E-state index contributed by atoms with van der Waals surface area (Å²) in [6, 6.07) is 12.9. The average Bonchev–Trinajstić information content (AvgIpc) is 2.89. The molecule has 102 valence electrons. The van der Waals surface area contributed by atoms with Gasteiger partial charge in [-0.2, -0.15) is 0 Å². The van der Waals surface area contributed by atoms with Crippen molar-refractivity contribution in [1.82, 2.24) is 10.3 Å². The van der Waals surface area contributed by atoms with Crippen molar-refractivity contribution in [3.63, 3.8) is 0 Å². The number of aromatic nitrogens is 1. The summed E-state index contributed by atoms with van der Waals surface area (Å²) in [5.41, 5.74) is 2.46. The predicted octanol–water partition coefficient (Wildman–Crippen LogP) is 4.56. The van der Waals surface area contributed by atoms with Gasteiger partial charge < -0.3 is 5.32 Å². The molecule has 0 radical (unpaired) electrons. The molecule has 3 rings (SSSR count). The lowest BCUT2D eigenvalue weighted by Crippen LogP contribution is -2.19. The molecule has 0 amide bonds. The molecule has 1 aromatic carbocycles. The van der Waals surface area contributed by atoms with Gasteiger partial charge in [0.05, 0.1) is 11.7 Å². The highest BCUT2D eigenvalue weighted by Crippen LogP contribution is 2.29. The van der Waals surface area contributed by atoms with Crippen LogP contribution < -0.4 is 5.32 Å². The highest BCUT2D eigenvalue weighted by molar-refractivity contribution is 9.10. The molecule has 1 atom stereocenters. The van der Waals surface area contributed by atoms with E-state index in [-0.39, 0.29) is 6.04 Å². The van der Waals surface area contributed by atoms with Gasteiger partial charge in [0.1, 0.15) is 0 Å². The van der Waals surface area contributed by atoms with Crippen LogP contribution in [0.15, 0.2) is 52.4 Å². The van der Waals surface area contributed by atoms with Crippen LogP contribution in [0.2, 0.25) is 0 Å². The second-order valence-electron chi connectivity index (χ2n) is 4.70. The summed E-state index contributed by atoms with van der Waals surface area (Å²) in [5, 5.41) is 6.98. The minimum Gasteiger partial charge on any atom is -0.311 e. The molecule has 2 nitrogen and oxygen atoms in total. The van der Waals surface area contributed by atoms with Crippen LogP contribution in [-0.4, -0.2) is 12.0 Å². The number of thiophene rings is 1. The zero-order chi connectivity index (χ0) is 13.9. The summed E-state index contributed by atoms with van der Waals surface area (Å²) in [6.45, 7) is 0. The molecule has 0 aliphatic heterocycles. The van der Waals surface area contributed by atoms with Crippen LogP contribution in [0.25, 0.3) is 10.1 Å². The van der Waals surface area contributed by atoms with Crippen LogP contribution in [0.1, 0.15) is 17.3 Å². The fourth-order valence-corrected chi connectivity index (χ4v) is 3.57. The van der Waals surface area contributed by atoms with E-state index < -0.39 is 0 Å². The molecule has 4 heteroatoms. The smallest absolute Gasteiger partial charge is 0.0577 e. The fraction of sp³-hybridized carbons (Fsp3) is 0.188. The van der Waals surface area contributed by atoms with Crippen LogP contribution in [0, 0.1) is 0 Å². The van der Waals surface area contributed by atoms with E-state index in [1.54, 1.807) is 0 Å². The van der Waals surface area contributed by atoms with Crippen molar-refractivity contribution in [3.8, 4) is 0 Å². The molecule has 0 saturated heterocycles. The van der Waals surface area contributed by atoms with Crippen molar-refractivity contribution in [2.75, 3.05) is 7.05 Å². The van der Waals surface area contributed by atoms with Crippen molar-refractivity contribution < 1.29 is 0 Å². The van der Waals surface area contributed by atoms with Crippen molar-refractivity contribution in [2.24, 2.45) is 0 Å². The van der Waals surface area contributed by atoms with Crippen LogP contribution >= 0.6 is 27.3 Å². The Morgan fingerprint density at radius 2 is 2.10 bits per heavy atom. The Kier molecular flexibility index (Phi) is 4.15. The zero-order valence-electron chi connectivity index (χ0n) is 11.1. The van der Waals surface area contributed by atoms with E-state index in [2.05, 4.69) is 61.9 Å². The van der Waals surface area contributed by atoms with Gasteiger partial charge in [-0.1, -0.05) is 18.2 Å². The molecule has 2 heterocycles. The number of rotatable bonds is 4. The van der Waals surface area contributed by atoms with Gasteiger partial charge in [0.25, 0.3) is 0 Å². The summed E-state index contributed by atoms with van der Waals surface area (Å²) < 4.78 is 2.36. The Morgan fingerprint density at radius 3 is 2.85 bits per heavy atom. The van der Waals surface area contributed by atoms with Crippen molar-refractivity contribution in [1.29, 1.82) is 0 Å². The number of fused-ring (bicyclic) bond motifs is 1. The van der Waals surface area contributed by atoms with E-state index in [9.17, 15) is 0 Å². The van der Waals surface area contributed by atoms with Gasteiger partial charge in [0.15, 0.2) is 0 Å². The van der Waals surface area contributed by atoms with E-state index in [1.165, 1.54) is 15.6 Å². The topological polar surface area (TPSA) is 24.9 Å². The largest absolute Gasteiger partial charge is 0.311 e. The minimum absolute atomic E-state index is 0.237. The van der Waals surface area contributed by atoms with E-state index in [0.717, 1.165) is 16.6 Å². The second kappa shape index (κ2) is 6.04. The van der Waals surface area contributed by atoms with E-state index in [1.807, 2.05) is 30.6 Å². The molecule has 0 spiro atoms. The number of nitrogens with one attached hydrogen (secondary N) is 1. The number of halogens is 1. The molecule has 1 unspecified atom stereocenters. The minimum atomic E-state index is 0.237. The zero-order valence-corrected chi connectivity index (χ0v) is 13.5. The Morgan fingerprint density at radius 1 is 1.25 bits per heavy atom. The quantitative estimate of drug-likeness (QED) is 0.748. The average molecular weight is 347 g/mol. The second-order valence-corrected chi connectivity index (χ2v) is 6.53. The molecule has 3 aromatic rings. The molecule has 2 aromatic heterocycles. The first-order valence-corrected chi connectivity index (χ1v) is 8.19. The molecular weight excluding hydrogens is 332 g/mol. The molecule has 1 N–H and O–H groups in total. The van der Waals surface area contributed by atoms with E-state index >= 15 is 0 Å². The summed E-state index contributed by atoms with van der Waals surface area (Å²) in [6.07, 6.45) is 2.81. The highest BCUT2D eigenvalue weighted by atomic mass is 79.9. The molecule has 0 bridgehead atoms. The van der Waals surface area contributed by atoms with Gasteiger partial charge in [-0.25, -0.2) is 0 Å². The van der Waals surface area contributed by atoms with Crippen LogP contribution in [0.3, 0.4) is 0 Å². The summed E-state index contributed by atoms with van der Waals surface area (Å²) in [4.78, 5) is 4.50. The number of pyridine rings is 1.